The van der Waals surface area contributed by atoms with Gasteiger partial charge in [0.2, 0.25) is 5.91 Å². The number of nitrogens with zero attached hydrogens (tertiary/aromatic N) is 2. The minimum Gasteiger partial charge on any atom is -0.367 e. The molecule has 0 spiro atoms. The van der Waals surface area contributed by atoms with E-state index in [1.807, 2.05) is 37.3 Å². The highest BCUT2D eigenvalue weighted by Crippen LogP contribution is 2.34. The summed E-state index contributed by atoms with van der Waals surface area (Å²) < 4.78 is 0. The molecule has 0 aromatic heterocycles. The summed E-state index contributed by atoms with van der Waals surface area (Å²) in [6.45, 7) is 4.04. The van der Waals surface area contributed by atoms with Crippen LogP contribution in [0.15, 0.2) is 59.6 Å². The number of benzene rings is 2. The second kappa shape index (κ2) is 6.55. The minimum absolute atomic E-state index is 0.00947. The number of hydrogen-bond acceptors (Lipinski definition) is 3. The summed E-state index contributed by atoms with van der Waals surface area (Å²) in [7, 11) is 0. The largest absolute Gasteiger partial charge is 0.367 e. The molecule has 1 atom stereocenters. The van der Waals surface area contributed by atoms with Crippen LogP contribution in [0.4, 0.5) is 17.1 Å². The molecule has 4 nitrogen and oxygen atoms in total. The maximum atomic E-state index is 12.2. The van der Waals surface area contributed by atoms with Gasteiger partial charge >= 0.3 is 0 Å². The van der Waals surface area contributed by atoms with E-state index in [2.05, 4.69) is 39.5 Å². The van der Waals surface area contributed by atoms with Crippen LogP contribution in [0.2, 0.25) is 0 Å². The highest BCUT2D eigenvalue weighted by atomic mass is 16.2. The van der Waals surface area contributed by atoms with E-state index in [4.69, 9.17) is 0 Å². The highest BCUT2D eigenvalue weighted by molar-refractivity contribution is 6.13. The zero-order valence-electron chi connectivity index (χ0n) is 14.3. The molecule has 2 aromatic carbocycles. The van der Waals surface area contributed by atoms with Crippen LogP contribution in [-0.4, -0.2) is 25.2 Å². The van der Waals surface area contributed by atoms with Crippen molar-refractivity contribution >= 4 is 29.2 Å². The fraction of sp³-hybridized carbons (Fsp3) is 0.238. The zero-order valence-corrected chi connectivity index (χ0v) is 14.3. The van der Waals surface area contributed by atoms with Crippen LogP contribution >= 0.6 is 0 Å². The predicted molar refractivity (Wildman–Crippen MR) is 103 cm³/mol. The van der Waals surface area contributed by atoms with Crippen molar-refractivity contribution in [3.8, 4) is 0 Å². The van der Waals surface area contributed by atoms with Gasteiger partial charge in [0.1, 0.15) is 5.92 Å². The van der Waals surface area contributed by atoms with E-state index in [0.717, 1.165) is 42.0 Å². The van der Waals surface area contributed by atoms with Crippen molar-refractivity contribution in [2.75, 3.05) is 23.3 Å². The fourth-order valence-electron chi connectivity index (χ4n) is 3.47. The van der Waals surface area contributed by atoms with E-state index in [0.29, 0.717) is 0 Å². The quantitative estimate of drug-likeness (QED) is 0.677. The van der Waals surface area contributed by atoms with E-state index in [1.165, 1.54) is 5.69 Å². The van der Waals surface area contributed by atoms with Gasteiger partial charge in [-0.2, -0.15) is 0 Å². The molecular weight excluding hydrogens is 310 g/mol. The Morgan fingerprint density at radius 1 is 1.16 bits per heavy atom. The molecule has 0 bridgehead atoms. The molecule has 1 unspecified atom stereocenters. The zero-order chi connectivity index (χ0) is 17.2. The van der Waals surface area contributed by atoms with Gasteiger partial charge in [-0.15, -0.1) is 0 Å². The molecular formula is C21H21N3O. The van der Waals surface area contributed by atoms with Gasteiger partial charge in [-0.3, -0.25) is 9.79 Å². The monoisotopic (exact) mass is 331 g/mol. The molecule has 2 aliphatic heterocycles. The number of carbonyl (C=O) groups is 1. The molecule has 0 saturated carbocycles. The van der Waals surface area contributed by atoms with Crippen molar-refractivity contribution in [3.05, 3.63) is 65.7 Å². The third-order valence-corrected chi connectivity index (χ3v) is 4.82. The van der Waals surface area contributed by atoms with E-state index >= 15 is 0 Å². The van der Waals surface area contributed by atoms with Crippen molar-refractivity contribution in [1.29, 1.82) is 0 Å². The summed E-state index contributed by atoms with van der Waals surface area (Å²) in [5.74, 6) is -0.326. The molecule has 0 aliphatic carbocycles. The van der Waals surface area contributed by atoms with Gasteiger partial charge < -0.3 is 10.2 Å². The molecule has 0 saturated heterocycles. The lowest BCUT2D eigenvalue weighted by Crippen LogP contribution is -2.26. The summed E-state index contributed by atoms with van der Waals surface area (Å²) in [6.07, 6.45) is 7.28. The number of anilines is 2. The summed E-state index contributed by atoms with van der Waals surface area (Å²) in [5.41, 5.74) is 5.12. The first-order valence-corrected chi connectivity index (χ1v) is 8.67. The molecule has 2 aromatic rings. The van der Waals surface area contributed by atoms with Crippen molar-refractivity contribution in [1.82, 2.24) is 0 Å². The van der Waals surface area contributed by atoms with Gasteiger partial charge in [0, 0.05) is 30.7 Å². The topological polar surface area (TPSA) is 44.7 Å². The van der Waals surface area contributed by atoms with Crippen LogP contribution in [0.5, 0.6) is 0 Å². The first kappa shape index (κ1) is 15.6. The Kier molecular flexibility index (Phi) is 4.10. The number of fused-ring (bicyclic) bond motifs is 1. The van der Waals surface area contributed by atoms with Crippen LogP contribution in [0.1, 0.15) is 23.5 Å². The lowest BCUT2D eigenvalue weighted by Gasteiger charge is -2.25. The average Bonchev–Trinajstić information content (AvgIpc) is 2.98. The summed E-state index contributed by atoms with van der Waals surface area (Å²) in [5, 5.41) is 2.93. The summed E-state index contributed by atoms with van der Waals surface area (Å²) in [4.78, 5) is 19.1. The first-order chi connectivity index (χ1) is 12.2. The smallest absolute Gasteiger partial charge is 0.237 e. The van der Waals surface area contributed by atoms with Crippen LogP contribution in [0.3, 0.4) is 0 Å². The van der Waals surface area contributed by atoms with Gasteiger partial charge in [0.25, 0.3) is 0 Å². The number of aryl methyl sites for hydroxylation is 1. The molecule has 0 radical (unpaired) electrons. The molecule has 126 valence electrons. The second-order valence-corrected chi connectivity index (χ2v) is 6.50. The number of nitrogens with one attached hydrogen (secondary N) is 1. The SMILES string of the molecule is Cc1cccc2c1C(C=Nc1ccc(N3CC=CCC3)cc1)C(=O)N2. The molecule has 4 heteroatoms. The number of rotatable bonds is 3. The van der Waals surface area contributed by atoms with Crippen molar-refractivity contribution < 1.29 is 4.79 Å². The highest BCUT2D eigenvalue weighted by Gasteiger charge is 2.30. The van der Waals surface area contributed by atoms with E-state index in [9.17, 15) is 4.79 Å². The predicted octanol–water partition coefficient (Wildman–Crippen LogP) is 4.20. The van der Waals surface area contributed by atoms with Crippen molar-refractivity contribution in [2.24, 2.45) is 4.99 Å². The Balaban J connectivity index is 1.53. The van der Waals surface area contributed by atoms with Crippen LogP contribution in [0, 0.1) is 6.92 Å². The maximum Gasteiger partial charge on any atom is 0.237 e. The molecule has 1 N–H and O–H groups in total. The fourth-order valence-corrected chi connectivity index (χ4v) is 3.47. The lowest BCUT2D eigenvalue weighted by atomic mass is 9.97. The third-order valence-electron chi connectivity index (χ3n) is 4.82. The Bertz CT molecular complexity index is 852. The molecule has 4 rings (SSSR count). The Morgan fingerprint density at radius 2 is 2.00 bits per heavy atom. The van der Waals surface area contributed by atoms with Crippen molar-refractivity contribution in [3.63, 3.8) is 0 Å². The van der Waals surface area contributed by atoms with Gasteiger partial charge in [-0.25, -0.2) is 0 Å². The van der Waals surface area contributed by atoms with E-state index < -0.39 is 0 Å². The van der Waals surface area contributed by atoms with Gasteiger partial charge in [0.05, 0.1) is 5.69 Å². The standard InChI is InChI=1S/C21H21N3O/c1-15-6-5-7-19-20(15)18(21(25)23-19)14-22-16-8-10-17(11-9-16)24-12-3-2-4-13-24/h2-3,5-11,14,18H,4,12-13H2,1H3,(H,23,25). The summed E-state index contributed by atoms with van der Waals surface area (Å²) >= 11 is 0. The average molecular weight is 331 g/mol. The lowest BCUT2D eigenvalue weighted by molar-refractivity contribution is -0.115. The number of amides is 1. The number of aliphatic imine (C=N–C) groups is 1. The molecule has 25 heavy (non-hydrogen) atoms. The first-order valence-electron chi connectivity index (χ1n) is 8.67. The van der Waals surface area contributed by atoms with E-state index in [1.54, 1.807) is 6.21 Å². The maximum absolute atomic E-state index is 12.2. The van der Waals surface area contributed by atoms with Crippen LogP contribution < -0.4 is 10.2 Å². The Labute approximate surface area is 147 Å². The Hall–Kier alpha value is -2.88. The number of hydrogen-bond donors (Lipinski definition) is 1. The van der Waals surface area contributed by atoms with Crippen LogP contribution in [-0.2, 0) is 4.79 Å². The minimum atomic E-state index is -0.317. The molecule has 2 heterocycles. The number of carbonyl (C=O) groups excluding carboxylic acids is 1. The van der Waals surface area contributed by atoms with Crippen LogP contribution in [0.25, 0.3) is 0 Å². The van der Waals surface area contributed by atoms with Gasteiger partial charge in [-0.05, 0) is 54.8 Å². The Morgan fingerprint density at radius 3 is 2.76 bits per heavy atom. The second-order valence-electron chi connectivity index (χ2n) is 6.50. The van der Waals surface area contributed by atoms with Gasteiger partial charge in [0.15, 0.2) is 0 Å². The van der Waals surface area contributed by atoms with Gasteiger partial charge in [-0.1, -0.05) is 24.3 Å². The van der Waals surface area contributed by atoms with E-state index in [-0.39, 0.29) is 11.8 Å². The van der Waals surface area contributed by atoms with Crippen molar-refractivity contribution in [2.45, 2.75) is 19.3 Å². The molecule has 0 fully saturated rings. The normalized spacial score (nSPS) is 19.3. The third kappa shape index (κ3) is 3.07. The molecule has 2 aliphatic rings. The molecule has 1 amide bonds. The summed E-state index contributed by atoms with van der Waals surface area (Å²) in [6, 6.07) is 14.1.